The highest BCUT2D eigenvalue weighted by molar-refractivity contribution is 5.92. The quantitative estimate of drug-likeness (QED) is 0.822. The number of amides is 2. The van der Waals surface area contributed by atoms with Crippen LogP contribution in [0.25, 0.3) is 0 Å². The average Bonchev–Trinajstić information content (AvgIpc) is 2.56. The number of hydrogen-bond acceptors (Lipinski definition) is 4. The zero-order valence-electron chi connectivity index (χ0n) is 13.1. The van der Waals surface area contributed by atoms with Crippen LogP contribution in [0.1, 0.15) is 13.3 Å². The summed E-state index contributed by atoms with van der Waals surface area (Å²) >= 11 is 0. The SMILES string of the molecule is COc1ccc(N(CCC(=O)N2CCOCC2)C(C)=O)cc1. The van der Waals surface area contributed by atoms with Gasteiger partial charge in [0, 0.05) is 38.7 Å². The second kappa shape index (κ2) is 7.79. The molecular weight excluding hydrogens is 284 g/mol. The number of benzene rings is 1. The minimum Gasteiger partial charge on any atom is -0.497 e. The van der Waals surface area contributed by atoms with E-state index in [2.05, 4.69) is 0 Å². The van der Waals surface area contributed by atoms with Crippen molar-refractivity contribution in [3.05, 3.63) is 24.3 Å². The summed E-state index contributed by atoms with van der Waals surface area (Å²) in [5.41, 5.74) is 0.767. The molecule has 6 heteroatoms. The van der Waals surface area contributed by atoms with Crippen molar-refractivity contribution < 1.29 is 19.1 Å². The lowest BCUT2D eigenvalue weighted by atomic mass is 10.2. The summed E-state index contributed by atoms with van der Waals surface area (Å²) in [5.74, 6) is 0.708. The summed E-state index contributed by atoms with van der Waals surface area (Å²) in [4.78, 5) is 27.4. The Hall–Kier alpha value is -2.08. The predicted molar refractivity (Wildman–Crippen MR) is 83.0 cm³/mol. The number of nitrogens with zero attached hydrogens (tertiary/aromatic N) is 2. The van der Waals surface area contributed by atoms with Crippen molar-refractivity contribution in [1.29, 1.82) is 0 Å². The van der Waals surface area contributed by atoms with Crippen LogP contribution in [0.4, 0.5) is 5.69 Å². The van der Waals surface area contributed by atoms with Gasteiger partial charge in [-0.1, -0.05) is 0 Å². The van der Waals surface area contributed by atoms with Crippen molar-refractivity contribution in [2.45, 2.75) is 13.3 Å². The lowest BCUT2D eigenvalue weighted by Gasteiger charge is -2.28. The van der Waals surface area contributed by atoms with Gasteiger partial charge in [0.05, 0.1) is 20.3 Å². The highest BCUT2D eigenvalue weighted by atomic mass is 16.5. The Morgan fingerprint density at radius 2 is 1.86 bits per heavy atom. The van der Waals surface area contributed by atoms with Crippen molar-refractivity contribution in [3.63, 3.8) is 0 Å². The maximum atomic E-state index is 12.2. The van der Waals surface area contributed by atoms with E-state index in [9.17, 15) is 9.59 Å². The van der Waals surface area contributed by atoms with Crippen LogP contribution in [0.3, 0.4) is 0 Å². The maximum Gasteiger partial charge on any atom is 0.224 e. The predicted octanol–water partition coefficient (Wildman–Crippen LogP) is 1.30. The fraction of sp³-hybridized carbons (Fsp3) is 0.500. The van der Waals surface area contributed by atoms with E-state index in [-0.39, 0.29) is 11.8 Å². The fourth-order valence-corrected chi connectivity index (χ4v) is 2.41. The molecule has 0 bridgehead atoms. The largest absolute Gasteiger partial charge is 0.497 e. The highest BCUT2D eigenvalue weighted by Gasteiger charge is 2.19. The standard InChI is InChI=1S/C16H22N2O4/c1-13(19)18(14-3-5-15(21-2)6-4-14)8-7-16(20)17-9-11-22-12-10-17/h3-6H,7-12H2,1-2H3. The number of methoxy groups -OCH3 is 1. The molecule has 6 nitrogen and oxygen atoms in total. The van der Waals surface area contributed by atoms with Gasteiger partial charge in [-0.15, -0.1) is 0 Å². The zero-order chi connectivity index (χ0) is 15.9. The summed E-state index contributed by atoms with van der Waals surface area (Å²) in [5, 5.41) is 0. The summed E-state index contributed by atoms with van der Waals surface area (Å²) in [7, 11) is 1.60. The van der Waals surface area contributed by atoms with E-state index >= 15 is 0 Å². The van der Waals surface area contributed by atoms with Crippen molar-refractivity contribution in [2.24, 2.45) is 0 Å². The lowest BCUT2D eigenvalue weighted by molar-refractivity contribution is -0.135. The van der Waals surface area contributed by atoms with Crippen LogP contribution < -0.4 is 9.64 Å². The van der Waals surface area contributed by atoms with Gasteiger partial charge in [-0.25, -0.2) is 0 Å². The number of anilines is 1. The molecule has 2 amide bonds. The smallest absolute Gasteiger partial charge is 0.224 e. The van der Waals surface area contributed by atoms with E-state index in [0.29, 0.717) is 39.3 Å². The number of carbonyl (C=O) groups is 2. The molecule has 1 aromatic carbocycles. The molecule has 1 aliphatic rings. The van der Waals surface area contributed by atoms with Gasteiger partial charge in [0.2, 0.25) is 11.8 Å². The molecule has 2 rings (SSSR count). The normalized spacial score (nSPS) is 14.5. The molecular formula is C16H22N2O4. The summed E-state index contributed by atoms with van der Waals surface area (Å²) in [6.07, 6.45) is 0.311. The molecule has 1 saturated heterocycles. The third-order valence-electron chi connectivity index (χ3n) is 3.68. The molecule has 0 atom stereocenters. The van der Waals surface area contributed by atoms with E-state index in [0.717, 1.165) is 11.4 Å². The monoisotopic (exact) mass is 306 g/mol. The van der Waals surface area contributed by atoms with Crippen molar-refractivity contribution in [1.82, 2.24) is 4.90 Å². The molecule has 0 radical (unpaired) electrons. The minimum atomic E-state index is -0.0834. The number of morpholine rings is 1. The number of ether oxygens (including phenoxy) is 2. The van der Waals surface area contributed by atoms with Crippen molar-refractivity contribution in [2.75, 3.05) is 44.9 Å². The zero-order valence-corrected chi connectivity index (χ0v) is 13.1. The first-order chi connectivity index (χ1) is 10.6. The highest BCUT2D eigenvalue weighted by Crippen LogP contribution is 2.19. The van der Waals surface area contributed by atoms with Gasteiger partial charge in [-0.05, 0) is 24.3 Å². The molecule has 0 aliphatic carbocycles. The minimum absolute atomic E-state index is 0.0584. The van der Waals surface area contributed by atoms with Crippen molar-refractivity contribution in [3.8, 4) is 5.75 Å². The number of rotatable bonds is 5. The van der Waals surface area contributed by atoms with Gasteiger partial charge in [0.1, 0.15) is 5.75 Å². The van der Waals surface area contributed by atoms with E-state index < -0.39 is 0 Å². The van der Waals surface area contributed by atoms with E-state index in [4.69, 9.17) is 9.47 Å². The van der Waals surface area contributed by atoms with Crippen LogP contribution in [-0.4, -0.2) is 56.7 Å². The van der Waals surface area contributed by atoms with Gasteiger partial charge in [0.25, 0.3) is 0 Å². The van der Waals surface area contributed by atoms with Gasteiger partial charge in [-0.2, -0.15) is 0 Å². The Morgan fingerprint density at radius 1 is 1.23 bits per heavy atom. The van der Waals surface area contributed by atoms with Crippen LogP contribution in [0.2, 0.25) is 0 Å². The first-order valence-corrected chi connectivity index (χ1v) is 7.39. The van der Waals surface area contributed by atoms with E-state index in [1.807, 2.05) is 12.1 Å². The van der Waals surface area contributed by atoms with Crippen molar-refractivity contribution >= 4 is 17.5 Å². The summed E-state index contributed by atoms with van der Waals surface area (Å²) < 4.78 is 10.3. The maximum absolute atomic E-state index is 12.2. The molecule has 0 aromatic heterocycles. The first kappa shape index (κ1) is 16.3. The van der Waals surface area contributed by atoms with Crippen LogP contribution >= 0.6 is 0 Å². The average molecular weight is 306 g/mol. The third-order valence-corrected chi connectivity index (χ3v) is 3.68. The van der Waals surface area contributed by atoms with E-state index in [1.54, 1.807) is 29.0 Å². The molecule has 1 heterocycles. The van der Waals surface area contributed by atoms with Crippen LogP contribution in [0, 0.1) is 0 Å². The molecule has 0 unspecified atom stereocenters. The Morgan fingerprint density at radius 3 is 2.41 bits per heavy atom. The summed E-state index contributed by atoms with van der Waals surface area (Å²) in [6, 6.07) is 7.24. The molecule has 0 saturated carbocycles. The summed E-state index contributed by atoms with van der Waals surface area (Å²) in [6.45, 7) is 4.30. The Kier molecular flexibility index (Phi) is 5.77. The molecule has 0 spiro atoms. The van der Waals surface area contributed by atoms with Gasteiger partial charge >= 0.3 is 0 Å². The molecule has 120 valence electrons. The molecule has 1 aliphatic heterocycles. The molecule has 1 aromatic rings. The van der Waals surface area contributed by atoms with E-state index in [1.165, 1.54) is 6.92 Å². The van der Waals surface area contributed by atoms with Gasteiger partial charge in [0.15, 0.2) is 0 Å². The number of hydrogen-bond donors (Lipinski definition) is 0. The fourth-order valence-electron chi connectivity index (χ4n) is 2.41. The third kappa shape index (κ3) is 4.21. The van der Waals surface area contributed by atoms with Crippen LogP contribution in [0.5, 0.6) is 5.75 Å². The topological polar surface area (TPSA) is 59.1 Å². The van der Waals surface area contributed by atoms with Gasteiger partial charge in [-0.3, -0.25) is 9.59 Å². The Labute approximate surface area is 130 Å². The first-order valence-electron chi connectivity index (χ1n) is 7.39. The second-order valence-corrected chi connectivity index (χ2v) is 5.11. The Balaban J connectivity index is 1.96. The lowest BCUT2D eigenvalue weighted by Crippen LogP contribution is -2.42. The molecule has 22 heavy (non-hydrogen) atoms. The Bertz CT molecular complexity index is 509. The molecule has 1 fully saturated rings. The van der Waals surface area contributed by atoms with Crippen LogP contribution in [-0.2, 0) is 14.3 Å². The van der Waals surface area contributed by atoms with Gasteiger partial charge < -0.3 is 19.3 Å². The second-order valence-electron chi connectivity index (χ2n) is 5.11. The number of carbonyl (C=O) groups excluding carboxylic acids is 2. The van der Waals surface area contributed by atoms with Crippen LogP contribution in [0.15, 0.2) is 24.3 Å². The molecule has 0 N–H and O–H groups in total.